The van der Waals surface area contributed by atoms with E-state index >= 15 is 0 Å². The average molecular weight is 480 g/mol. The van der Waals surface area contributed by atoms with E-state index < -0.39 is 0 Å². The summed E-state index contributed by atoms with van der Waals surface area (Å²) in [5.74, 6) is 0.937. The van der Waals surface area contributed by atoms with Gasteiger partial charge in [-0.25, -0.2) is 0 Å². The molecular weight excluding hydrogens is 439 g/mol. The van der Waals surface area contributed by atoms with Crippen LogP contribution in [0.15, 0.2) is 4.99 Å². The first kappa shape index (κ1) is 24.0. The number of nitrogens with one attached hydrogen (secondary N) is 2. The van der Waals surface area contributed by atoms with Crippen molar-refractivity contribution in [2.45, 2.75) is 77.8 Å². The molecule has 2 rings (SSSR count). The van der Waals surface area contributed by atoms with Crippen LogP contribution in [0.1, 0.15) is 66.2 Å². The lowest BCUT2D eigenvalue weighted by Gasteiger charge is -2.45. The first-order chi connectivity index (χ1) is 11.8. The van der Waals surface area contributed by atoms with Crippen LogP contribution in [0.5, 0.6) is 0 Å². The molecule has 1 unspecified atom stereocenters. The van der Waals surface area contributed by atoms with Gasteiger partial charge in [-0.2, -0.15) is 0 Å². The lowest BCUT2D eigenvalue weighted by Crippen LogP contribution is -2.59. The Morgan fingerprint density at radius 3 is 2.35 bits per heavy atom. The second-order valence-electron chi connectivity index (χ2n) is 9.10. The molecule has 2 fully saturated rings. The van der Waals surface area contributed by atoms with Gasteiger partial charge < -0.3 is 15.4 Å². The van der Waals surface area contributed by atoms with Gasteiger partial charge in [-0.15, -0.1) is 24.0 Å². The molecule has 0 aromatic heterocycles. The van der Waals surface area contributed by atoms with Crippen molar-refractivity contribution in [2.75, 3.05) is 39.9 Å². The van der Waals surface area contributed by atoms with Crippen LogP contribution in [-0.4, -0.2) is 62.3 Å². The fourth-order valence-electron chi connectivity index (χ4n) is 3.95. The molecule has 0 aromatic rings. The molecule has 2 N–H and O–H groups in total. The number of guanidine groups is 1. The molecule has 0 aliphatic carbocycles. The van der Waals surface area contributed by atoms with Gasteiger partial charge in [0, 0.05) is 38.4 Å². The predicted molar refractivity (Wildman–Crippen MR) is 122 cm³/mol. The van der Waals surface area contributed by atoms with E-state index in [0.717, 1.165) is 45.0 Å². The fourth-order valence-corrected chi connectivity index (χ4v) is 3.95. The van der Waals surface area contributed by atoms with Crippen molar-refractivity contribution in [3.63, 3.8) is 0 Å². The molecule has 0 aromatic carbocycles. The van der Waals surface area contributed by atoms with Gasteiger partial charge in [0.05, 0.1) is 0 Å². The second-order valence-corrected chi connectivity index (χ2v) is 9.10. The van der Waals surface area contributed by atoms with Gasteiger partial charge in [-0.05, 0) is 64.0 Å². The Morgan fingerprint density at radius 1 is 1.19 bits per heavy atom. The molecule has 0 amide bonds. The molecule has 6 heteroatoms. The third kappa shape index (κ3) is 7.50. The molecule has 5 nitrogen and oxygen atoms in total. The first-order valence-corrected chi connectivity index (χ1v) is 10.1. The highest BCUT2D eigenvalue weighted by Gasteiger charge is 2.39. The van der Waals surface area contributed by atoms with Crippen molar-refractivity contribution in [3.05, 3.63) is 0 Å². The molecule has 0 bridgehead atoms. The average Bonchev–Trinajstić information content (AvgIpc) is 3.12. The maximum Gasteiger partial charge on any atom is 0.191 e. The highest BCUT2D eigenvalue weighted by atomic mass is 127. The maximum atomic E-state index is 5.65. The Morgan fingerprint density at radius 2 is 1.81 bits per heavy atom. The van der Waals surface area contributed by atoms with Crippen LogP contribution in [-0.2, 0) is 4.74 Å². The number of hydrogen-bond donors (Lipinski definition) is 2. The summed E-state index contributed by atoms with van der Waals surface area (Å²) >= 11 is 0. The minimum Gasteiger partial charge on any atom is -0.381 e. The van der Waals surface area contributed by atoms with E-state index in [4.69, 9.17) is 4.74 Å². The summed E-state index contributed by atoms with van der Waals surface area (Å²) in [4.78, 5) is 7.15. The third-order valence-corrected chi connectivity index (χ3v) is 5.72. The molecule has 2 heterocycles. The normalized spacial score (nSPS) is 22.6. The van der Waals surface area contributed by atoms with Crippen molar-refractivity contribution < 1.29 is 4.74 Å². The van der Waals surface area contributed by atoms with Gasteiger partial charge >= 0.3 is 0 Å². The number of ether oxygens (including phenoxy) is 1. The van der Waals surface area contributed by atoms with Crippen LogP contribution in [0.25, 0.3) is 0 Å². The number of rotatable bonds is 6. The number of likely N-dealkylation sites (tertiary alicyclic amines) is 1. The van der Waals surface area contributed by atoms with Crippen LogP contribution in [0.3, 0.4) is 0 Å². The number of nitrogens with zero attached hydrogens (tertiary/aromatic N) is 2. The van der Waals surface area contributed by atoms with Gasteiger partial charge in [0.25, 0.3) is 0 Å². The molecule has 2 aliphatic rings. The minimum atomic E-state index is 0. The maximum absolute atomic E-state index is 5.65. The summed E-state index contributed by atoms with van der Waals surface area (Å²) in [6.07, 6.45) is 7.29. The summed E-state index contributed by atoms with van der Waals surface area (Å²) in [6, 6.07) is 0.433. The van der Waals surface area contributed by atoms with E-state index in [1.165, 1.54) is 32.4 Å². The second kappa shape index (κ2) is 11.1. The van der Waals surface area contributed by atoms with E-state index in [9.17, 15) is 0 Å². The molecule has 1 atom stereocenters. The zero-order chi connectivity index (χ0) is 18.3. The molecule has 2 aliphatic heterocycles. The van der Waals surface area contributed by atoms with E-state index in [0.29, 0.717) is 11.5 Å². The number of hydrogen-bond acceptors (Lipinski definition) is 3. The lowest BCUT2D eigenvalue weighted by molar-refractivity contribution is -0.0164. The smallest absolute Gasteiger partial charge is 0.191 e. The van der Waals surface area contributed by atoms with Gasteiger partial charge in [-0.1, -0.05) is 20.8 Å². The SMILES string of the molecule is CN=C(NCC1(N2CCCC2)CCOCC1)NC(C)CCC(C)(C)C.I. The zero-order valence-electron chi connectivity index (χ0n) is 17.6. The molecule has 0 radical (unpaired) electrons. The van der Waals surface area contributed by atoms with Crippen LogP contribution in [0, 0.1) is 5.41 Å². The standard InChI is InChI=1S/C20H40N4O.HI/c1-17(8-9-19(2,3)4)23-18(21-5)22-16-20(10-14-25-15-11-20)24-12-6-7-13-24;/h17H,6-16H2,1-5H3,(H2,21,22,23);1H. The van der Waals surface area contributed by atoms with E-state index in [-0.39, 0.29) is 29.5 Å². The Bertz CT molecular complexity index is 424. The van der Waals surface area contributed by atoms with Gasteiger partial charge in [0.1, 0.15) is 0 Å². The van der Waals surface area contributed by atoms with Crippen molar-refractivity contribution in [1.29, 1.82) is 0 Å². The van der Waals surface area contributed by atoms with Crippen LogP contribution in [0.2, 0.25) is 0 Å². The Balaban J connectivity index is 0.00000338. The largest absolute Gasteiger partial charge is 0.381 e. The summed E-state index contributed by atoms with van der Waals surface area (Å²) in [5.41, 5.74) is 0.621. The minimum absolute atomic E-state index is 0. The van der Waals surface area contributed by atoms with Gasteiger partial charge in [-0.3, -0.25) is 9.89 Å². The predicted octanol–water partition coefficient (Wildman–Crippen LogP) is 3.63. The first-order valence-electron chi connectivity index (χ1n) is 10.1. The van der Waals surface area contributed by atoms with Crippen LogP contribution >= 0.6 is 24.0 Å². The Hall–Kier alpha value is -0.0800. The summed E-state index contributed by atoms with van der Waals surface area (Å²) in [7, 11) is 1.87. The lowest BCUT2D eigenvalue weighted by atomic mass is 9.88. The molecule has 26 heavy (non-hydrogen) atoms. The molecule has 0 saturated carbocycles. The Labute approximate surface area is 178 Å². The van der Waals surface area contributed by atoms with Crippen molar-refractivity contribution in [3.8, 4) is 0 Å². The molecule has 2 saturated heterocycles. The molecule has 154 valence electrons. The third-order valence-electron chi connectivity index (χ3n) is 5.72. The molecule has 0 spiro atoms. The number of halogens is 1. The highest BCUT2D eigenvalue weighted by molar-refractivity contribution is 14.0. The summed E-state index contributed by atoms with van der Waals surface area (Å²) in [6.45, 7) is 14.3. The van der Waals surface area contributed by atoms with Gasteiger partial charge in [0.2, 0.25) is 0 Å². The highest BCUT2D eigenvalue weighted by Crippen LogP contribution is 2.30. The van der Waals surface area contributed by atoms with Crippen LogP contribution in [0.4, 0.5) is 0 Å². The van der Waals surface area contributed by atoms with E-state index in [1.54, 1.807) is 0 Å². The quantitative estimate of drug-likeness (QED) is 0.347. The topological polar surface area (TPSA) is 48.9 Å². The summed E-state index contributed by atoms with van der Waals surface area (Å²) in [5, 5.41) is 7.20. The van der Waals surface area contributed by atoms with E-state index in [2.05, 4.69) is 48.2 Å². The van der Waals surface area contributed by atoms with Crippen molar-refractivity contribution in [1.82, 2.24) is 15.5 Å². The number of aliphatic imine (C=N–C) groups is 1. The van der Waals surface area contributed by atoms with Crippen molar-refractivity contribution >= 4 is 29.9 Å². The monoisotopic (exact) mass is 480 g/mol. The molecular formula is C20H41IN4O. The fraction of sp³-hybridized carbons (Fsp3) is 0.950. The van der Waals surface area contributed by atoms with Crippen molar-refractivity contribution in [2.24, 2.45) is 10.4 Å². The van der Waals surface area contributed by atoms with Gasteiger partial charge in [0.15, 0.2) is 5.96 Å². The zero-order valence-corrected chi connectivity index (χ0v) is 19.9. The Kier molecular flexibility index (Phi) is 10.2. The van der Waals surface area contributed by atoms with E-state index in [1.807, 2.05) is 7.05 Å². The summed E-state index contributed by atoms with van der Waals surface area (Å²) < 4.78 is 5.65. The van der Waals surface area contributed by atoms with Crippen LogP contribution < -0.4 is 10.6 Å².